The molecule has 2 fully saturated rings. The van der Waals surface area contributed by atoms with Crippen LogP contribution in [0.15, 0.2) is 0 Å². The molecule has 1 aliphatic heterocycles. The fourth-order valence-electron chi connectivity index (χ4n) is 3.03. The first-order valence-electron chi connectivity index (χ1n) is 7.39. The first-order chi connectivity index (χ1) is 10.3. The first kappa shape index (κ1) is 16.3. The number of carboxylic acid groups (broad SMARTS) is 2. The molecule has 1 aliphatic carbocycles. The Bertz CT molecular complexity index is 506. The van der Waals surface area contributed by atoms with Gasteiger partial charge in [-0.25, -0.2) is 4.79 Å². The zero-order valence-corrected chi connectivity index (χ0v) is 12.3. The van der Waals surface area contributed by atoms with Crippen LogP contribution in [0.25, 0.3) is 0 Å². The highest BCUT2D eigenvalue weighted by Crippen LogP contribution is 2.34. The van der Waals surface area contributed by atoms with Gasteiger partial charge in [-0.2, -0.15) is 0 Å². The predicted octanol–water partition coefficient (Wildman–Crippen LogP) is -0.322. The van der Waals surface area contributed by atoms with Gasteiger partial charge in [0.1, 0.15) is 12.1 Å². The van der Waals surface area contributed by atoms with E-state index in [0.29, 0.717) is 32.2 Å². The van der Waals surface area contributed by atoms with E-state index < -0.39 is 47.7 Å². The number of aliphatic carboxylic acids is 2. The van der Waals surface area contributed by atoms with Crippen LogP contribution in [-0.2, 0) is 19.2 Å². The van der Waals surface area contributed by atoms with E-state index in [1.807, 2.05) is 0 Å². The second-order valence-electron chi connectivity index (χ2n) is 5.89. The summed E-state index contributed by atoms with van der Waals surface area (Å²) >= 11 is 0. The molecule has 122 valence electrons. The lowest BCUT2D eigenvalue weighted by molar-refractivity contribution is -0.154. The fraction of sp³-hybridized carbons (Fsp3) is 0.714. The maximum Gasteiger partial charge on any atom is 0.326 e. The maximum atomic E-state index is 12.3. The predicted molar refractivity (Wildman–Crippen MR) is 73.8 cm³/mol. The molecule has 1 saturated heterocycles. The van der Waals surface area contributed by atoms with Crippen LogP contribution in [0.3, 0.4) is 0 Å². The first-order valence-corrected chi connectivity index (χ1v) is 7.39. The molecule has 8 nitrogen and oxygen atoms in total. The Labute approximate surface area is 127 Å². The van der Waals surface area contributed by atoms with Crippen molar-refractivity contribution >= 4 is 23.8 Å². The van der Waals surface area contributed by atoms with E-state index in [0.717, 1.165) is 0 Å². The van der Waals surface area contributed by atoms with Crippen LogP contribution in [0.2, 0.25) is 0 Å². The van der Waals surface area contributed by atoms with Crippen molar-refractivity contribution in [2.75, 3.05) is 6.54 Å². The highest BCUT2D eigenvalue weighted by molar-refractivity contribution is 5.92. The number of carbonyl (C=O) groups is 4. The standard InChI is InChI=1S/C14H20N2O6/c1-7(12(18)16-6-2-3-10(16)14(21)22)15-11(17)8-4-5-9(8)13(19)20/h7-10H,2-6H2,1H3,(H,15,17)(H,19,20)(H,21,22)/t7-,8+,9-,10-/m0/s1. The summed E-state index contributed by atoms with van der Waals surface area (Å²) in [6, 6.07) is -1.70. The van der Waals surface area contributed by atoms with Crippen LogP contribution in [0.5, 0.6) is 0 Å². The molecule has 0 bridgehead atoms. The molecule has 1 heterocycles. The van der Waals surface area contributed by atoms with Crippen LogP contribution >= 0.6 is 0 Å². The van der Waals surface area contributed by atoms with E-state index in [4.69, 9.17) is 10.2 Å². The molecular weight excluding hydrogens is 292 g/mol. The summed E-state index contributed by atoms with van der Waals surface area (Å²) in [6.45, 7) is 1.85. The molecule has 2 aliphatic rings. The van der Waals surface area contributed by atoms with Gasteiger partial charge in [0.05, 0.1) is 11.8 Å². The van der Waals surface area contributed by atoms with Crippen molar-refractivity contribution in [3.8, 4) is 0 Å². The second-order valence-corrected chi connectivity index (χ2v) is 5.89. The summed E-state index contributed by atoms with van der Waals surface area (Å²) in [7, 11) is 0. The Morgan fingerprint density at radius 3 is 2.18 bits per heavy atom. The zero-order valence-electron chi connectivity index (χ0n) is 12.3. The Hall–Kier alpha value is -2.12. The average molecular weight is 312 g/mol. The SMILES string of the molecule is C[C@H](NC(=O)[C@@H]1CC[C@@H]1C(=O)O)C(=O)N1CCC[C@H]1C(=O)O. The van der Waals surface area contributed by atoms with Gasteiger partial charge >= 0.3 is 11.9 Å². The minimum atomic E-state index is -1.05. The van der Waals surface area contributed by atoms with E-state index >= 15 is 0 Å². The number of carbonyl (C=O) groups excluding carboxylic acids is 2. The number of carboxylic acids is 2. The highest BCUT2D eigenvalue weighted by atomic mass is 16.4. The quantitative estimate of drug-likeness (QED) is 0.639. The van der Waals surface area contributed by atoms with Crippen molar-refractivity contribution in [2.24, 2.45) is 11.8 Å². The Morgan fingerprint density at radius 2 is 1.68 bits per heavy atom. The third-order valence-electron chi connectivity index (χ3n) is 4.48. The van der Waals surface area contributed by atoms with Crippen LogP contribution < -0.4 is 5.32 Å². The van der Waals surface area contributed by atoms with Crippen LogP contribution in [0.1, 0.15) is 32.6 Å². The molecule has 22 heavy (non-hydrogen) atoms. The van der Waals surface area contributed by atoms with Gasteiger partial charge in [0, 0.05) is 6.54 Å². The molecule has 4 atom stereocenters. The van der Waals surface area contributed by atoms with Crippen molar-refractivity contribution in [1.82, 2.24) is 10.2 Å². The molecule has 0 aromatic heterocycles. The van der Waals surface area contributed by atoms with Gasteiger partial charge in [0.25, 0.3) is 0 Å². The van der Waals surface area contributed by atoms with Crippen molar-refractivity contribution in [1.29, 1.82) is 0 Å². The lowest BCUT2D eigenvalue weighted by Gasteiger charge is -2.33. The van der Waals surface area contributed by atoms with E-state index in [9.17, 15) is 19.2 Å². The van der Waals surface area contributed by atoms with Gasteiger partial charge in [-0.1, -0.05) is 0 Å². The van der Waals surface area contributed by atoms with Crippen LogP contribution in [-0.4, -0.2) is 57.5 Å². The number of hydrogen-bond donors (Lipinski definition) is 3. The molecule has 0 aromatic carbocycles. The Kier molecular flexibility index (Phi) is 4.68. The van der Waals surface area contributed by atoms with Gasteiger partial charge in [-0.05, 0) is 32.6 Å². The number of nitrogens with one attached hydrogen (secondary N) is 1. The molecular formula is C14H20N2O6. The summed E-state index contributed by atoms with van der Waals surface area (Å²) in [4.78, 5) is 47.6. The number of amides is 2. The molecule has 0 unspecified atom stereocenters. The van der Waals surface area contributed by atoms with Crippen molar-refractivity contribution in [3.05, 3.63) is 0 Å². The molecule has 0 radical (unpaired) electrons. The molecule has 0 spiro atoms. The third kappa shape index (κ3) is 3.05. The van der Waals surface area contributed by atoms with E-state index in [-0.39, 0.29) is 0 Å². The monoisotopic (exact) mass is 312 g/mol. The summed E-state index contributed by atoms with van der Waals surface area (Å²) in [5.41, 5.74) is 0. The molecule has 2 rings (SSSR count). The molecule has 0 aromatic rings. The second kappa shape index (κ2) is 6.33. The summed E-state index contributed by atoms with van der Waals surface area (Å²) in [5.74, 6) is -4.25. The molecule has 1 saturated carbocycles. The van der Waals surface area contributed by atoms with Gasteiger partial charge in [0.2, 0.25) is 11.8 Å². The number of nitrogens with zero attached hydrogens (tertiary/aromatic N) is 1. The number of rotatable bonds is 5. The minimum Gasteiger partial charge on any atom is -0.481 e. The highest BCUT2D eigenvalue weighted by Gasteiger charge is 2.43. The summed E-state index contributed by atoms with van der Waals surface area (Å²) in [6.07, 6.45) is 1.98. The number of hydrogen-bond acceptors (Lipinski definition) is 4. The zero-order chi connectivity index (χ0) is 16.4. The van der Waals surface area contributed by atoms with Gasteiger partial charge in [-0.15, -0.1) is 0 Å². The number of likely N-dealkylation sites (tertiary alicyclic amines) is 1. The minimum absolute atomic E-state index is 0.358. The fourth-order valence-corrected chi connectivity index (χ4v) is 3.03. The van der Waals surface area contributed by atoms with Crippen molar-refractivity contribution in [3.63, 3.8) is 0 Å². The molecule has 8 heteroatoms. The smallest absolute Gasteiger partial charge is 0.326 e. The topological polar surface area (TPSA) is 124 Å². The van der Waals surface area contributed by atoms with Crippen molar-refractivity contribution < 1.29 is 29.4 Å². The molecule has 3 N–H and O–H groups in total. The largest absolute Gasteiger partial charge is 0.481 e. The average Bonchev–Trinajstić information content (AvgIpc) is 2.84. The normalized spacial score (nSPS) is 28.6. The van der Waals surface area contributed by atoms with Gasteiger partial charge in [-0.3, -0.25) is 14.4 Å². The lowest BCUT2D eigenvalue weighted by Crippen LogP contribution is -2.53. The maximum absolute atomic E-state index is 12.3. The van der Waals surface area contributed by atoms with Gasteiger partial charge < -0.3 is 20.4 Å². The van der Waals surface area contributed by atoms with Gasteiger partial charge in [0.15, 0.2) is 0 Å². The Balaban J connectivity index is 1.93. The van der Waals surface area contributed by atoms with Crippen molar-refractivity contribution in [2.45, 2.75) is 44.7 Å². The third-order valence-corrected chi connectivity index (χ3v) is 4.48. The summed E-state index contributed by atoms with van der Waals surface area (Å²) in [5, 5.41) is 20.5. The van der Waals surface area contributed by atoms with Crippen LogP contribution in [0.4, 0.5) is 0 Å². The van der Waals surface area contributed by atoms with E-state index in [1.54, 1.807) is 0 Å². The van der Waals surface area contributed by atoms with Crippen LogP contribution in [0, 0.1) is 11.8 Å². The lowest BCUT2D eigenvalue weighted by atomic mass is 9.73. The van der Waals surface area contributed by atoms with E-state index in [1.165, 1.54) is 11.8 Å². The molecule has 2 amide bonds. The Morgan fingerprint density at radius 1 is 1.05 bits per heavy atom. The summed E-state index contributed by atoms with van der Waals surface area (Å²) < 4.78 is 0. The van der Waals surface area contributed by atoms with E-state index in [2.05, 4.69) is 5.32 Å².